The van der Waals surface area contributed by atoms with Crippen LogP contribution in [0.2, 0.25) is 0 Å². The lowest BCUT2D eigenvalue weighted by molar-refractivity contribution is 0.274. The second-order valence-corrected chi connectivity index (χ2v) is 6.19. The van der Waals surface area contributed by atoms with Crippen LogP contribution in [0.5, 0.6) is 0 Å². The quantitative estimate of drug-likeness (QED) is 0.913. The van der Waals surface area contributed by atoms with Crippen molar-refractivity contribution < 1.29 is 0 Å². The molecule has 1 saturated heterocycles. The van der Waals surface area contributed by atoms with Crippen molar-refractivity contribution in [3.05, 3.63) is 46.2 Å². The van der Waals surface area contributed by atoms with E-state index in [1.165, 1.54) is 0 Å². The van der Waals surface area contributed by atoms with Gasteiger partial charge in [-0.05, 0) is 42.4 Å². The van der Waals surface area contributed by atoms with Crippen molar-refractivity contribution in [3.8, 4) is 0 Å². The van der Waals surface area contributed by atoms with Gasteiger partial charge in [0, 0.05) is 24.2 Å². The smallest absolute Gasteiger partial charge is 0.252 e. The number of fused-ring (bicyclic) bond motifs is 1. The summed E-state index contributed by atoms with van der Waals surface area (Å²) in [5, 5.41) is 1.09. The van der Waals surface area contributed by atoms with Crippen molar-refractivity contribution in [1.82, 2.24) is 9.88 Å². The third-order valence-corrected chi connectivity index (χ3v) is 4.35. The zero-order valence-electron chi connectivity index (χ0n) is 12.3. The highest BCUT2D eigenvalue weighted by Gasteiger charge is 2.32. The first-order chi connectivity index (χ1) is 9.59. The maximum Gasteiger partial charge on any atom is 0.252 e. The topological polar surface area (TPSA) is 62.1 Å². The molecule has 3 rings (SSSR count). The van der Waals surface area contributed by atoms with Crippen molar-refractivity contribution >= 4 is 23.3 Å². The number of pyridine rings is 1. The van der Waals surface area contributed by atoms with E-state index >= 15 is 0 Å². The Morgan fingerprint density at radius 3 is 2.86 bits per heavy atom. The molecular weight excluding hydrogens is 286 g/mol. The Morgan fingerprint density at radius 1 is 1.38 bits per heavy atom. The highest BCUT2D eigenvalue weighted by molar-refractivity contribution is 5.85. The van der Waals surface area contributed by atoms with Crippen LogP contribution < -0.4 is 11.3 Å². The number of hydrogen-bond acceptors (Lipinski definition) is 3. The maximum atomic E-state index is 12.1. The van der Waals surface area contributed by atoms with E-state index in [0.717, 1.165) is 36.0 Å². The molecule has 0 aliphatic carbocycles. The summed E-state index contributed by atoms with van der Waals surface area (Å²) in [5.74, 6) is 0. The Labute approximate surface area is 130 Å². The third-order valence-electron chi connectivity index (χ3n) is 4.35. The van der Waals surface area contributed by atoms with E-state index in [1.807, 2.05) is 30.3 Å². The maximum absolute atomic E-state index is 12.1. The van der Waals surface area contributed by atoms with Crippen molar-refractivity contribution in [1.29, 1.82) is 0 Å². The van der Waals surface area contributed by atoms with Gasteiger partial charge in [0.1, 0.15) is 0 Å². The Bertz CT molecular complexity index is 685. The van der Waals surface area contributed by atoms with Gasteiger partial charge in [-0.15, -0.1) is 12.4 Å². The molecular formula is C16H22ClN3O. The lowest BCUT2D eigenvalue weighted by Crippen LogP contribution is -2.32. The summed E-state index contributed by atoms with van der Waals surface area (Å²) >= 11 is 0. The molecule has 2 heterocycles. The number of benzene rings is 1. The first kappa shape index (κ1) is 16.0. The molecule has 1 aromatic heterocycles. The lowest BCUT2D eigenvalue weighted by Gasteiger charge is -2.22. The molecule has 1 atom stereocenters. The number of nitrogens with two attached hydrogens (primary N) is 1. The molecule has 0 saturated carbocycles. The zero-order chi connectivity index (χ0) is 14.2. The Hall–Kier alpha value is -1.36. The standard InChI is InChI=1S/C16H21N3O.ClH/c1-16(10-17)6-7-19(11-16)9-13-8-12-4-2-3-5-14(12)18-15(13)20;/h2-5,8H,6-7,9-11,17H2,1H3,(H,18,20);1H. The molecule has 1 fully saturated rings. The summed E-state index contributed by atoms with van der Waals surface area (Å²) in [5.41, 5.74) is 7.79. The molecule has 0 radical (unpaired) electrons. The van der Waals surface area contributed by atoms with Crippen molar-refractivity contribution in [2.45, 2.75) is 19.9 Å². The number of aromatic amines is 1. The van der Waals surface area contributed by atoms with Crippen molar-refractivity contribution in [2.75, 3.05) is 19.6 Å². The number of para-hydroxylation sites is 1. The zero-order valence-corrected chi connectivity index (χ0v) is 13.1. The van der Waals surface area contributed by atoms with E-state index in [0.29, 0.717) is 13.1 Å². The van der Waals surface area contributed by atoms with E-state index in [4.69, 9.17) is 5.73 Å². The third kappa shape index (κ3) is 3.28. The minimum atomic E-state index is 0. The molecule has 1 unspecified atom stereocenters. The van der Waals surface area contributed by atoms with Gasteiger partial charge >= 0.3 is 0 Å². The van der Waals surface area contributed by atoms with Crippen LogP contribution in [0.15, 0.2) is 35.1 Å². The Balaban J connectivity index is 0.00000161. The molecule has 1 aliphatic rings. The summed E-state index contributed by atoms with van der Waals surface area (Å²) in [6.45, 7) is 5.61. The molecule has 0 amide bonds. The van der Waals surface area contributed by atoms with Gasteiger partial charge in [-0.25, -0.2) is 0 Å². The number of hydrogen-bond donors (Lipinski definition) is 2. The largest absolute Gasteiger partial charge is 0.330 e. The molecule has 5 heteroatoms. The molecule has 4 nitrogen and oxygen atoms in total. The number of nitrogens with zero attached hydrogens (tertiary/aromatic N) is 1. The summed E-state index contributed by atoms with van der Waals surface area (Å²) < 4.78 is 0. The van der Waals surface area contributed by atoms with Crippen LogP contribution in [0.1, 0.15) is 18.9 Å². The van der Waals surface area contributed by atoms with Gasteiger partial charge in [-0.3, -0.25) is 9.69 Å². The lowest BCUT2D eigenvalue weighted by atomic mass is 9.90. The van der Waals surface area contributed by atoms with Crippen LogP contribution in [0.25, 0.3) is 10.9 Å². The van der Waals surface area contributed by atoms with Crippen molar-refractivity contribution in [2.24, 2.45) is 11.1 Å². The van der Waals surface area contributed by atoms with Crippen LogP contribution in [0.4, 0.5) is 0 Å². The molecule has 1 aromatic carbocycles. The number of rotatable bonds is 3. The van der Waals surface area contributed by atoms with Crippen molar-refractivity contribution in [3.63, 3.8) is 0 Å². The summed E-state index contributed by atoms with van der Waals surface area (Å²) in [7, 11) is 0. The van der Waals surface area contributed by atoms with E-state index < -0.39 is 0 Å². The highest BCUT2D eigenvalue weighted by Crippen LogP contribution is 2.29. The van der Waals surface area contributed by atoms with Gasteiger partial charge in [0.25, 0.3) is 5.56 Å². The predicted octanol–water partition coefficient (Wildman–Crippen LogP) is 2.12. The SMILES string of the molecule is CC1(CN)CCN(Cc2cc3ccccc3[nH]c2=O)C1.Cl. The fraction of sp³-hybridized carbons (Fsp3) is 0.438. The van der Waals surface area contributed by atoms with E-state index in [9.17, 15) is 4.79 Å². The summed E-state index contributed by atoms with van der Waals surface area (Å²) in [6, 6.07) is 9.90. The number of H-pyrrole nitrogens is 1. The van der Waals surface area contributed by atoms with Gasteiger partial charge in [0.15, 0.2) is 0 Å². The molecule has 1 aliphatic heterocycles. The van der Waals surface area contributed by atoms with Gasteiger partial charge in [0.2, 0.25) is 0 Å². The second-order valence-electron chi connectivity index (χ2n) is 6.19. The fourth-order valence-corrected chi connectivity index (χ4v) is 2.98. The van der Waals surface area contributed by atoms with E-state index in [-0.39, 0.29) is 23.4 Å². The molecule has 0 bridgehead atoms. The summed E-state index contributed by atoms with van der Waals surface area (Å²) in [4.78, 5) is 17.4. The molecule has 3 N–H and O–H groups in total. The monoisotopic (exact) mass is 307 g/mol. The number of nitrogens with one attached hydrogen (secondary N) is 1. The number of aromatic nitrogens is 1. The summed E-state index contributed by atoms with van der Waals surface area (Å²) in [6.07, 6.45) is 1.11. The molecule has 0 spiro atoms. The van der Waals surface area contributed by atoms with Crippen LogP contribution in [-0.2, 0) is 6.54 Å². The van der Waals surface area contributed by atoms with Crippen LogP contribution >= 0.6 is 12.4 Å². The molecule has 114 valence electrons. The van der Waals surface area contributed by atoms with E-state index in [1.54, 1.807) is 0 Å². The van der Waals surface area contributed by atoms with Crippen LogP contribution in [0.3, 0.4) is 0 Å². The van der Waals surface area contributed by atoms with Crippen LogP contribution in [0, 0.1) is 5.41 Å². The molecule has 21 heavy (non-hydrogen) atoms. The average Bonchev–Trinajstić information content (AvgIpc) is 2.82. The average molecular weight is 308 g/mol. The fourth-order valence-electron chi connectivity index (χ4n) is 2.98. The first-order valence-corrected chi connectivity index (χ1v) is 7.13. The number of likely N-dealkylation sites (tertiary alicyclic amines) is 1. The predicted molar refractivity (Wildman–Crippen MR) is 88.9 cm³/mol. The van der Waals surface area contributed by atoms with Gasteiger partial charge in [0.05, 0.1) is 0 Å². The second kappa shape index (κ2) is 6.18. The van der Waals surface area contributed by atoms with Crippen LogP contribution in [-0.4, -0.2) is 29.5 Å². The normalized spacial score (nSPS) is 22.4. The van der Waals surface area contributed by atoms with E-state index in [2.05, 4.69) is 16.8 Å². The minimum Gasteiger partial charge on any atom is -0.330 e. The Morgan fingerprint density at radius 2 is 2.14 bits per heavy atom. The van der Waals surface area contributed by atoms with Gasteiger partial charge in [-0.1, -0.05) is 25.1 Å². The number of halogens is 1. The molecule has 2 aromatic rings. The Kier molecular flexibility index (Phi) is 4.71. The van der Waals surface area contributed by atoms with Gasteiger partial charge < -0.3 is 10.7 Å². The first-order valence-electron chi connectivity index (χ1n) is 7.13. The van der Waals surface area contributed by atoms with Gasteiger partial charge in [-0.2, -0.15) is 0 Å². The highest BCUT2D eigenvalue weighted by atomic mass is 35.5. The minimum absolute atomic E-state index is 0.